The van der Waals surface area contributed by atoms with E-state index in [0.717, 1.165) is 0 Å². The maximum absolute atomic E-state index is 10.4. The van der Waals surface area contributed by atoms with Gasteiger partial charge in [0, 0.05) is 5.03 Å². The lowest BCUT2D eigenvalue weighted by Gasteiger charge is -1.92. The molecule has 0 aromatic rings. The molecule has 11 heavy (non-hydrogen) atoms. The second kappa shape index (κ2) is 5.77. The zero-order valence-corrected chi connectivity index (χ0v) is 8.21. The minimum atomic E-state index is -1.99. The Labute approximate surface area is 78.2 Å². The lowest BCUT2D eigenvalue weighted by atomic mass is 10.4. The van der Waals surface area contributed by atoms with E-state index in [1.54, 1.807) is 6.92 Å². The first kappa shape index (κ1) is 11.2. The van der Waals surface area contributed by atoms with Crippen LogP contribution in [0.15, 0.2) is 22.1 Å². The second-order valence-corrected chi connectivity index (χ2v) is 3.66. The lowest BCUT2D eigenvalue weighted by molar-refractivity contribution is 0.571. The van der Waals surface area contributed by atoms with E-state index in [1.165, 1.54) is 12.2 Å². The molecule has 0 bridgehead atoms. The second-order valence-electron chi connectivity index (χ2n) is 1.77. The number of hydrogen-bond acceptors (Lipinski definition) is 1. The van der Waals surface area contributed by atoms with E-state index < -0.39 is 11.1 Å². The smallest absolute Gasteiger partial charge is 0.183 e. The molecule has 0 saturated carbocycles. The summed E-state index contributed by atoms with van der Waals surface area (Å²) in [6, 6.07) is 0. The van der Waals surface area contributed by atoms with Crippen LogP contribution in [0, 0.1) is 0 Å². The van der Waals surface area contributed by atoms with Gasteiger partial charge in [-0.2, -0.15) is 0 Å². The molecule has 0 radical (unpaired) electrons. The molecule has 0 heterocycles. The molecule has 1 N–H and O–H groups in total. The Kier molecular flexibility index (Phi) is 5.86. The normalized spacial score (nSPS) is 16.7. The summed E-state index contributed by atoms with van der Waals surface area (Å²) in [5, 5.41) is 0.540. The van der Waals surface area contributed by atoms with Crippen LogP contribution in [0.1, 0.15) is 6.92 Å². The molecule has 1 atom stereocenters. The molecule has 2 nitrogen and oxygen atoms in total. The molecule has 0 amide bonds. The Morgan fingerprint density at radius 2 is 2.18 bits per heavy atom. The Morgan fingerprint density at radius 1 is 1.64 bits per heavy atom. The zero-order valence-electron chi connectivity index (χ0n) is 5.88. The fraction of sp³-hybridized carbons (Fsp3) is 0.333. The first-order valence-corrected chi connectivity index (χ1v) is 4.79. The molecule has 1 unspecified atom stereocenters. The number of allylic oxidation sites excluding steroid dienone is 4. The summed E-state index contributed by atoms with van der Waals surface area (Å²) < 4.78 is 19.0. The molecule has 0 aliphatic rings. The highest BCUT2D eigenvalue weighted by atomic mass is 35.5. The van der Waals surface area contributed by atoms with Crippen LogP contribution in [0.5, 0.6) is 0 Å². The van der Waals surface area contributed by atoms with Crippen molar-refractivity contribution < 1.29 is 8.76 Å². The zero-order chi connectivity index (χ0) is 8.85. The molecule has 5 heteroatoms. The quantitative estimate of drug-likeness (QED) is 0.446. The van der Waals surface area contributed by atoms with Crippen molar-refractivity contribution in [2.75, 3.05) is 5.88 Å². The van der Waals surface area contributed by atoms with Crippen LogP contribution < -0.4 is 0 Å². The van der Waals surface area contributed by atoms with Gasteiger partial charge in [0.25, 0.3) is 0 Å². The van der Waals surface area contributed by atoms with Gasteiger partial charge < -0.3 is 4.55 Å². The van der Waals surface area contributed by atoms with Gasteiger partial charge in [0.05, 0.1) is 10.8 Å². The molecule has 0 rings (SSSR count). The van der Waals surface area contributed by atoms with Gasteiger partial charge in [-0.3, -0.25) is 0 Å². The fourth-order valence-corrected chi connectivity index (χ4v) is 1.07. The third-order valence-corrected chi connectivity index (χ3v) is 2.16. The van der Waals surface area contributed by atoms with Crippen LogP contribution in [0.3, 0.4) is 0 Å². The van der Waals surface area contributed by atoms with Crippen molar-refractivity contribution in [3.63, 3.8) is 0 Å². The van der Waals surface area contributed by atoms with Crippen LogP contribution >= 0.6 is 23.2 Å². The maximum Gasteiger partial charge on any atom is 0.183 e. The third-order valence-electron chi connectivity index (χ3n) is 0.855. The highest BCUT2D eigenvalue weighted by Crippen LogP contribution is 2.05. The van der Waals surface area contributed by atoms with Crippen molar-refractivity contribution in [1.82, 2.24) is 0 Å². The molecule has 0 fully saturated rings. The Bertz CT molecular complexity index is 207. The molecule has 64 valence electrons. The Balaban J connectivity index is 4.37. The van der Waals surface area contributed by atoms with Crippen LogP contribution in [-0.2, 0) is 11.1 Å². The average Bonchev–Trinajstić information content (AvgIpc) is 1.87. The summed E-state index contributed by atoms with van der Waals surface area (Å²) in [6.45, 7) is 1.67. The summed E-state index contributed by atoms with van der Waals surface area (Å²) in [7, 11) is 0. The minimum absolute atomic E-state index is 0.0315. The van der Waals surface area contributed by atoms with Crippen molar-refractivity contribution >= 4 is 34.3 Å². The molecule has 0 aliphatic carbocycles. The summed E-state index contributed by atoms with van der Waals surface area (Å²) >= 11 is 8.83. The van der Waals surface area contributed by atoms with Crippen LogP contribution in [0.25, 0.3) is 0 Å². The predicted molar refractivity (Wildman–Crippen MR) is 49.2 cm³/mol. The SMILES string of the molecule is C/C(Cl)=C\C=C(/CCl)S(=O)O. The maximum atomic E-state index is 10.4. The molecule has 0 aliphatic heterocycles. The van der Waals surface area contributed by atoms with Crippen molar-refractivity contribution in [3.05, 3.63) is 22.1 Å². The Hall–Kier alpha value is 0.170. The van der Waals surface area contributed by atoms with Crippen molar-refractivity contribution in [2.45, 2.75) is 6.92 Å². The fourth-order valence-electron chi connectivity index (χ4n) is 0.357. The number of rotatable bonds is 3. The number of alkyl halides is 1. The molecular weight excluding hydrogens is 207 g/mol. The van der Waals surface area contributed by atoms with E-state index in [0.29, 0.717) is 5.03 Å². The minimum Gasteiger partial charge on any atom is -0.302 e. The Morgan fingerprint density at radius 3 is 2.45 bits per heavy atom. The average molecular weight is 215 g/mol. The first-order chi connectivity index (χ1) is 5.07. The molecule has 0 aromatic heterocycles. The van der Waals surface area contributed by atoms with Crippen molar-refractivity contribution in [1.29, 1.82) is 0 Å². The summed E-state index contributed by atoms with van der Waals surface area (Å²) in [5.41, 5.74) is 0. The van der Waals surface area contributed by atoms with Gasteiger partial charge in [0.15, 0.2) is 11.1 Å². The van der Waals surface area contributed by atoms with Crippen LogP contribution in [0.2, 0.25) is 0 Å². The van der Waals surface area contributed by atoms with E-state index >= 15 is 0 Å². The molecule has 0 spiro atoms. The standard InChI is InChI=1S/C6H8Cl2O2S/c1-5(8)2-3-6(4-7)11(9)10/h2-3H,4H2,1H3,(H,9,10)/b5-2+,6-3+. The van der Waals surface area contributed by atoms with E-state index in [1.807, 2.05) is 0 Å². The topological polar surface area (TPSA) is 37.3 Å². The molecule has 0 saturated heterocycles. The van der Waals surface area contributed by atoms with Gasteiger partial charge in [0.2, 0.25) is 0 Å². The summed E-state index contributed by atoms with van der Waals surface area (Å²) in [6.07, 6.45) is 2.96. The number of halogens is 2. The summed E-state index contributed by atoms with van der Waals surface area (Å²) in [5.74, 6) is 0.0315. The van der Waals surface area contributed by atoms with E-state index in [2.05, 4.69) is 0 Å². The first-order valence-electron chi connectivity index (χ1n) is 2.77. The monoisotopic (exact) mass is 214 g/mol. The van der Waals surface area contributed by atoms with E-state index in [9.17, 15) is 4.21 Å². The van der Waals surface area contributed by atoms with Gasteiger partial charge >= 0.3 is 0 Å². The van der Waals surface area contributed by atoms with Crippen molar-refractivity contribution in [2.24, 2.45) is 0 Å². The van der Waals surface area contributed by atoms with Gasteiger partial charge in [-0.25, -0.2) is 4.21 Å². The largest absolute Gasteiger partial charge is 0.302 e. The molecule has 0 aromatic carbocycles. The molecular formula is C6H8Cl2O2S. The van der Waals surface area contributed by atoms with Gasteiger partial charge in [0.1, 0.15) is 0 Å². The highest BCUT2D eigenvalue weighted by Gasteiger charge is 1.99. The van der Waals surface area contributed by atoms with Crippen LogP contribution in [0.4, 0.5) is 0 Å². The predicted octanol–water partition coefficient (Wildman–Crippen LogP) is 2.47. The summed E-state index contributed by atoms with van der Waals surface area (Å²) in [4.78, 5) is 0.242. The highest BCUT2D eigenvalue weighted by molar-refractivity contribution is 7.83. The van der Waals surface area contributed by atoms with E-state index in [-0.39, 0.29) is 10.8 Å². The van der Waals surface area contributed by atoms with Gasteiger partial charge in [-0.1, -0.05) is 11.6 Å². The van der Waals surface area contributed by atoms with Gasteiger partial charge in [-0.05, 0) is 19.1 Å². The van der Waals surface area contributed by atoms with Crippen LogP contribution in [-0.4, -0.2) is 14.6 Å². The van der Waals surface area contributed by atoms with Gasteiger partial charge in [-0.15, -0.1) is 11.6 Å². The number of hydrogen-bond donors (Lipinski definition) is 1. The van der Waals surface area contributed by atoms with Crippen molar-refractivity contribution in [3.8, 4) is 0 Å². The lowest BCUT2D eigenvalue weighted by Crippen LogP contribution is -1.93. The third kappa shape index (κ3) is 5.44. The van der Waals surface area contributed by atoms with E-state index in [4.69, 9.17) is 27.8 Å².